The zero-order valence-electron chi connectivity index (χ0n) is 16.3. The van der Waals surface area contributed by atoms with Gasteiger partial charge in [-0.05, 0) is 50.3 Å². The van der Waals surface area contributed by atoms with Gasteiger partial charge in [0, 0.05) is 25.0 Å². The van der Waals surface area contributed by atoms with Crippen molar-refractivity contribution in [3.8, 4) is 0 Å². The molecule has 1 aliphatic rings. The summed E-state index contributed by atoms with van der Waals surface area (Å²) in [4.78, 5) is 22.8. The van der Waals surface area contributed by atoms with E-state index in [1.54, 1.807) is 6.92 Å². The maximum atomic E-state index is 12.6. The lowest BCUT2D eigenvalue weighted by atomic mass is 9.94. The van der Waals surface area contributed by atoms with Crippen LogP contribution < -0.4 is 5.32 Å². The van der Waals surface area contributed by atoms with E-state index in [-0.39, 0.29) is 22.8 Å². The van der Waals surface area contributed by atoms with Crippen LogP contribution in [0, 0.1) is 18.8 Å². The summed E-state index contributed by atoms with van der Waals surface area (Å²) in [6.45, 7) is 10.9. The third-order valence-electron chi connectivity index (χ3n) is 5.02. The molecular formula is C18H30N4O3S. The highest BCUT2D eigenvalue weighted by atomic mass is 32.2. The average Bonchev–Trinajstić information content (AvgIpc) is 2.55. The van der Waals surface area contributed by atoms with Crippen molar-refractivity contribution in [2.45, 2.75) is 51.7 Å². The van der Waals surface area contributed by atoms with Gasteiger partial charge in [-0.25, -0.2) is 18.4 Å². The Hall–Kier alpha value is -1.54. The smallest absolute Gasteiger partial charge is 0.270 e. The molecule has 1 amide bonds. The van der Waals surface area contributed by atoms with Crippen LogP contribution in [0.25, 0.3) is 0 Å². The maximum Gasteiger partial charge on any atom is 0.270 e. The number of rotatable bonds is 6. The molecule has 8 heteroatoms. The van der Waals surface area contributed by atoms with Crippen molar-refractivity contribution in [1.82, 2.24) is 20.2 Å². The quantitative estimate of drug-likeness (QED) is 0.753. The van der Waals surface area contributed by atoms with E-state index < -0.39 is 9.84 Å². The first-order chi connectivity index (χ1) is 12.1. The van der Waals surface area contributed by atoms with Crippen LogP contribution in [0.3, 0.4) is 0 Å². The van der Waals surface area contributed by atoms with Gasteiger partial charge >= 0.3 is 0 Å². The van der Waals surface area contributed by atoms with Crippen molar-refractivity contribution in [2.75, 3.05) is 25.9 Å². The Labute approximate surface area is 156 Å². The average molecular weight is 383 g/mol. The SMILES string of the molecule is Cc1cnc(S(C)(=O)=O)nc1C(=O)NC[C@H](C(C)C)N1CCC(C)CC1. The molecule has 1 N–H and O–H groups in total. The number of hydrogen-bond acceptors (Lipinski definition) is 6. The van der Waals surface area contributed by atoms with Gasteiger partial charge < -0.3 is 5.32 Å². The Kier molecular flexibility index (Phi) is 6.74. The molecular weight excluding hydrogens is 352 g/mol. The topological polar surface area (TPSA) is 92.3 Å². The lowest BCUT2D eigenvalue weighted by Crippen LogP contribution is -2.49. The molecule has 0 bridgehead atoms. The Bertz CT molecular complexity index is 741. The number of nitrogens with zero attached hydrogens (tertiary/aromatic N) is 3. The third-order valence-corrected chi connectivity index (χ3v) is 5.88. The van der Waals surface area contributed by atoms with E-state index in [2.05, 4.69) is 41.0 Å². The second kappa shape index (κ2) is 8.43. The summed E-state index contributed by atoms with van der Waals surface area (Å²) >= 11 is 0. The highest BCUT2D eigenvalue weighted by Gasteiger charge is 2.26. The van der Waals surface area contributed by atoms with E-state index >= 15 is 0 Å². The van der Waals surface area contributed by atoms with Gasteiger partial charge in [0.1, 0.15) is 5.69 Å². The lowest BCUT2D eigenvalue weighted by molar-refractivity contribution is 0.0857. The molecule has 0 saturated carbocycles. The Morgan fingerprint density at radius 2 is 1.96 bits per heavy atom. The molecule has 1 aliphatic heterocycles. The van der Waals surface area contributed by atoms with Gasteiger partial charge in [-0.1, -0.05) is 20.8 Å². The van der Waals surface area contributed by atoms with E-state index in [4.69, 9.17) is 0 Å². The number of hydrogen-bond donors (Lipinski definition) is 1. The summed E-state index contributed by atoms with van der Waals surface area (Å²) in [6, 6.07) is 0.253. The summed E-state index contributed by atoms with van der Waals surface area (Å²) in [5, 5.41) is 2.62. The summed E-state index contributed by atoms with van der Waals surface area (Å²) < 4.78 is 23.3. The molecule has 0 unspecified atom stereocenters. The number of carbonyl (C=O) groups excluding carboxylic acids is 1. The van der Waals surface area contributed by atoms with Gasteiger partial charge in [0.25, 0.3) is 5.91 Å². The molecule has 7 nitrogen and oxygen atoms in total. The molecule has 1 saturated heterocycles. The van der Waals surface area contributed by atoms with Crippen LogP contribution in [0.5, 0.6) is 0 Å². The van der Waals surface area contributed by atoms with Crippen LogP contribution in [0.15, 0.2) is 11.4 Å². The number of amides is 1. The largest absolute Gasteiger partial charge is 0.349 e. The second-order valence-corrected chi connectivity index (χ2v) is 9.61. The van der Waals surface area contributed by atoms with Crippen molar-refractivity contribution >= 4 is 15.7 Å². The third kappa shape index (κ3) is 5.23. The minimum absolute atomic E-state index is 0.121. The molecule has 0 aliphatic carbocycles. The Morgan fingerprint density at radius 3 is 2.50 bits per heavy atom. The first-order valence-corrected chi connectivity index (χ1v) is 11.0. The number of carbonyl (C=O) groups is 1. The van der Waals surface area contributed by atoms with Gasteiger partial charge in [-0.2, -0.15) is 0 Å². The van der Waals surface area contributed by atoms with Crippen molar-refractivity contribution < 1.29 is 13.2 Å². The van der Waals surface area contributed by atoms with Gasteiger partial charge in [0.2, 0.25) is 15.0 Å². The monoisotopic (exact) mass is 382 g/mol. The Balaban J connectivity index is 2.09. The van der Waals surface area contributed by atoms with Crippen LogP contribution in [0.4, 0.5) is 0 Å². The maximum absolute atomic E-state index is 12.6. The van der Waals surface area contributed by atoms with E-state index in [1.807, 2.05) is 0 Å². The van der Waals surface area contributed by atoms with Gasteiger partial charge in [0.15, 0.2) is 0 Å². The van der Waals surface area contributed by atoms with Crippen molar-refractivity contribution in [2.24, 2.45) is 11.8 Å². The van der Waals surface area contributed by atoms with E-state index in [1.165, 1.54) is 19.0 Å². The van der Waals surface area contributed by atoms with Crippen LogP contribution in [0.2, 0.25) is 0 Å². The van der Waals surface area contributed by atoms with Crippen LogP contribution in [-0.2, 0) is 9.84 Å². The number of aromatic nitrogens is 2. The zero-order valence-corrected chi connectivity index (χ0v) is 17.1. The van der Waals surface area contributed by atoms with Gasteiger partial charge in [0.05, 0.1) is 0 Å². The molecule has 2 rings (SSSR count). The zero-order chi connectivity index (χ0) is 19.5. The molecule has 2 heterocycles. The van der Waals surface area contributed by atoms with Crippen molar-refractivity contribution in [1.29, 1.82) is 0 Å². The fourth-order valence-corrected chi connectivity index (χ4v) is 3.76. The Morgan fingerprint density at radius 1 is 1.35 bits per heavy atom. The van der Waals surface area contributed by atoms with Gasteiger partial charge in [-0.3, -0.25) is 9.69 Å². The molecule has 1 aromatic heterocycles. The standard InChI is InChI=1S/C18H30N4O3S/c1-12(2)15(22-8-6-13(3)7-9-22)11-19-17(23)16-14(4)10-20-18(21-16)26(5,24)25/h10,12-13,15H,6-9,11H2,1-5H3,(H,19,23)/t15-/m1/s1. The lowest BCUT2D eigenvalue weighted by Gasteiger charge is -2.38. The highest BCUT2D eigenvalue weighted by Crippen LogP contribution is 2.21. The summed E-state index contributed by atoms with van der Waals surface area (Å²) in [5.74, 6) is 0.805. The number of nitrogens with one attached hydrogen (secondary N) is 1. The predicted molar refractivity (Wildman–Crippen MR) is 101 cm³/mol. The minimum atomic E-state index is -3.55. The van der Waals surface area contributed by atoms with Gasteiger partial charge in [-0.15, -0.1) is 0 Å². The van der Waals surface area contributed by atoms with Crippen molar-refractivity contribution in [3.63, 3.8) is 0 Å². The minimum Gasteiger partial charge on any atom is -0.349 e. The molecule has 1 atom stereocenters. The normalized spacial score (nSPS) is 18.1. The van der Waals surface area contributed by atoms with Crippen LogP contribution in [0.1, 0.15) is 49.7 Å². The molecule has 26 heavy (non-hydrogen) atoms. The van der Waals surface area contributed by atoms with E-state index in [9.17, 15) is 13.2 Å². The fraction of sp³-hybridized carbons (Fsp3) is 0.722. The molecule has 0 spiro atoms. The molecule has 0 radical (unpaired) electrons. The molecule has 0 aromatic carbocycles. The highest BCUT2D eigenvalue weighted by molar-refractivity contribution is 7.90. The van der Waals surface area contributed by atoms with Crippen molar-refractivity contribution in [3.05, 3.63) is 17.5 Å². The molecule has 146 valence electrons. The summed E-state index contributed by atoms with van der Waals surface area (Å²) in [7, 11) is -3.55. The fourth-order valence-electron chi connectivity index (χ4n) is 3.26. The predicted octanol–water partition coefficient (Wildman–Crippen LogP) is 1.67. The molecule has 1 aromatic rings. The number of likely N-dealkylation sites (tertiary alicyclic amines) is 1. The summed E-state index contributed by atoms with van der Waals surface area (Å²) in [6.07, 6.45) is 4.77. The van der Waals surface area contributed by atoms with E-state index in [0.717, 1.165) is 25.3 Å². The van der Waals surface area contributed by atoms with Crippen LogP contribution in [-0.4, -0.2) is 61.1 Å². The second-order valence-electron chi connectivity index (χ2n) is 7.70. The van der Waals surface area contributed by atoms with Crippen LogP contribution >= 0.6 is 0 Å². The number of piperidine rings is 1. The number of aryl methyl sites for hydroxylation is 1. The summed E-state index contributed by atoms with van der Waals surface area (Å²) in [5.41, 5.74) is 0.679. The first kappa shape index (κ1) is 20.8. The molecule has 1 fully saturated rings. The number of sulfone groups is 1. The first-order valence-electron chi connectivity index (χ1n) is 9.15. The van der Waals surface area contributed by atoms with E-state index in [0.29, 0.717) is 18.0 Å².